The Morgan fingerprint density at radius 1 is 0.739 bits per heavy atom. The summed E-state index contributed by atoms with van der Waals surface area (Å²) in [6.07, 6.45) is 1.47. The second kappa shape index (κ2) is 13.1. The first-order valence-electron chi connectivity index (χ1n) is 14.6. The lowest BCUT2D eigenvalue weighted by atomic mass is 10.0. The van der Waals surface area contributed by atoms with Crippen LogP contribution in [0.4, 0.5) is 16.2 Å². The Morgan fingerprint density at radius 2 is 1.48 bits per heavy atom. The molecule has 0 saturated carbocycles. The Labute approximate surface area is 276 Å². The van der Waals surface area contributed by atoms with E-state index in [1.807, 2.05) is 56.3 Å². The van der Waals surface area contributed by atoms with Gasteiger partial charge in [0, 0.05) is 21.0 Å². The summed E-state index contributed by atoms with van der Waals surface area (Å²) in [7, 11) is 0. The third-order valence-electron chi connectivity index (χ3n) is 7.53. The SMILES string of the molecule is CCOc1cc(/C=C2\C(=O)N(c3ccc(C)cc3)C(=O)N(c3cccc4ccccc34)C2=O)ccc1OCc1ccc(Cl)cc1Cl. The van der Waals surface area contributed by atoms with Gasteiger partial charge in [-0.05, 0) is 73.3 Å². The second-order valence-corrected chi connectivity index (χ2v) is 11.5. The summed E-state index contributed by atoms with van der Waals surface area (Å²) >= 11 is 12.3. The van der Waals surface area contributed by atoms with Crippen molar-refractivity contribution in [1.29, 1.82) is 0 Å². The molecule has 4 amide bonds. The largest absolute Gasteiger partial charge is 0.490 e. The van der Waals surface area contributed by atoms with Gasteiger partial charge in [0.05, 0.1) is 18.0 Å². The van der Waals surface area contributed by atoms with Crippen LogP contribution in [0.3, 0.4) is 0 Å². The number of hydrogen-bond acceptors (Lipinski definition) is 5. The van der Waals surface area contributed by atoms with E-state index in [1.54, 1.807) is 60.7 Å². The number of aryl methyl sites for hydroxylation is 1. The summed E-state index contributed by atoms with van der Waals surface area (Å²) in [6.45, 7) is 4.27. The van der Waals surface area contributed by atoms with E-state index in [4.69, 9.17) is 32.7 Å². The lowest BCUT2D eigenvalue weighted by molar-refractivity contribution is -0.121. The molecule has 0 N–H and O–H groups in total. The van der Waals surface area contributed by atoms with E-state index in [0.717, 1.165) is 26.3 Å². The van der Waals surface area contributed by atoms with Crippen molar-refractivity contribution in [2.45, 2.75) is 20.5 Å². The van der Waals surface area contributed by atoms with Crippen molar-refractivity contribution < 1.29 is 23.9 Å². The summed E-state index contributed by atoms with van der Waals surface area (Å²) in [6, 6.07) is 29.3. The number of benzene rings is 5. The minimum atomic E-state index is -0.757. The van der Waals surface area contributed by atoms with Gasteiger partial charge in [0.1, 0.15) is 12.2 Å². The Balaban J connectivity index is 1.41. The number of rotatable bonds is 8. The summed E-state index contributed by atoms with van der Waals surface area (Å²) in [5, 5.41) is 2.55. The molecule has 1 saturated heterocycles. The predicted octanol–water partition coefficient (Wildman–Crippen LogP) is 9.02. The molecule has 5 aromatic rings. The zero-order valence-corrected chi connectivity index (χ0v) is 26.5. The molecule has 1 aliphatic rings. The number of carbonyl (C=O) groups excluding carboxylic acids is 3. The van der Waals surface area contributed by atoms with Crippen LogP contribution in [-0.4, -0.2) is 24.5 Å². The number of amides is 4. The summed E-state index contributed by atoms with van der Waals surface area (Å²) in [5.41, 5.74) is 2.76. The van der Waals surface area contributed by atoms with Crippen LogP contribution >= 0.6 is 23.2 Å². The molecule has 0 radical (unpaired) electrons. The maximum absolute atomic E-state index is 14.1. The van der Waals surface area contributed by atoms with Crippen molar-refractivity contribution in [2.24, 2.45) is 0 Å². The van der Waals surface area contributed by atoms with E-state index in [0.29, 0.717) is 50.5 Å². The topological polar surface area (TPSA) is 76.2 Å². The van der Waals surface area contributed by atoms with Crippen LogP contribution in [0.25, 0.3) is 16.8 Å². The average molecular weight is 652 g/mol. The van der Waals surface area contributed by atoms with Crippen LogP contribution in [-0.2, 0) is 16.2 Å². The first-order valence-corrected chi connectivity index (χ1v) is 15.3. The highest BCUT2D eigenvalue weighted by Gasteiger charge is 2.44. The molecular weight excluding hydrogens is 623 g/mol. The number of hydrogen-bond donors (Lipinski definition) is 0. The number of fused-ring (bicyclic) bond motifs is 1. The first kappa shape index (κ1) is 30.9. The quantitative estimate of drug-likeness (QED) is 0.124. The minimum Gasteiger partial charge on any atom is -0.490 e. The van der Waals surface area contributed by atoms with Gasteiger partial charge in [-0.25, -0.2) is 14.6 Å². The number of carbonyl (C=O) groups is 3. The summed E-state index contributed by atoms with van der Waals surface area (Å²) in [4.78, 5) is 44.2. The zero-order valence-electron chi connectivity index (χ0n) is 25.0. The van der Waals surface area contributed by atoms with Gasteiger partial charge in [0.2, 0.25) is 0 Å². The number of ether oxygens (including phenoxy) is 2. The van der Waals surface area contributed by atoms with Crippen molar-refractivity contribution in [2.75, 3.05) is 16.4 Å². The van der Waals surface area contributed by atoms with Crippen molar-refractivity contribution in [3.05, 3.63) is 135 Å². The molecule has 230 valence electrons. The standard InChI is InChI=1S/C37H28Cl2N2O5/c1-3-45-34-20-24(13-18-33(34)46-22-26-14-15-27(38)21-31(26)39)19-30-35(42)40(28-16-11-23(2)12-17-28)37(44)41(36(30)43)32-10-6-8-25-7-4-5-9-29(25)32/h4-21H,3,22H2,1-2H3/b30-19+. The van der Waals surface area contributed by atoms with Gasteiger partial charge in [-0.15, -0.1) is 0 Å². The van der Waals surface area contributed by atoms with Crippen molar-refractivity contribution >= 4 is 69.3 Å². The second-order valence-electron chi connectivity index (χ2n) is 10.6. The Hall–Kier alpha value is -5.11. The highest BCUT2D eigenvalue weighted by atomic mass is 35.5. The van der Waals surface area contributed by atoms with Gasteiger partial charge in [0.15, 0.2) is 11.5 Å². The Bertz CT molecular complexity index is 2020. The van der Waals surface area contributed by atoms with Gasteiger partial charge < -0.3 is 9.47 Å². The third-order valence-corrected chi connectivity index (χ3v) is 8.11. The number of barbiturate groups is 1. The van der Waals surface area contributed by atoms with Crippen molar-refractivity contribution in [3.8, 4) is 11.5 Å². The van der Waals surface area contributed by atoms with E-state index in [-0.39, 0.29) is 12.2 Å². The fourth-order valence-corrected chi connectivity index (χ4v) is 5.69. The maximum Gasteiger partial charge on any atom is 0.343 e. The third kappa shape index (κ3) is 6.07. The van der Waals surface area contributed by atoms with Crippen LogP contribution in [0.1, 0.15) is 23.6 Å². The molecule has 1 fully saturated rings. The number of halogens is 2. The monoisotopic (exact) mass is 650 g/mol. The molecule has 1 heterocycles. The molecule has 0 spiro atoms. The Morgan fingerprint density at radius 3 is 2.24 bits per heavy atom. The molecule has 0 atom stereocenters. The summed E-state index contributed by atoms with van der Waals surface area (Å²) in [5.74, 6) is -0.600. The fraction of sp³-hybridized carbons (Fsp3) is 0.108. The molecule has 6 rings (SSSR count). The van der Waals surface area contributed by atoms with Gasteiger partial charge >= 0.3 is 6.03 Å². The normalized spacial score (nSPS) is 14.3. The average Bonchev–Trinajstić information content (AvgIpc) is 3.04. The molecule has 1 aliphatic heterocycles. The molecule has 0 bridgehead atoms. The molecule has 9 heteroatoms. The predicted molar refractivity (Wildman–Crippen MR) is 182 cm³/mol. The van der Waals surface area contributed by atoms with Crippen LogP contribution in [0.5, 0.6) is 11.5 Å². The van der Waals surface area contributed by atoms with Crippen LogP contribution < -0.4 is 19.3 Å². The first-order chi connectivity index (χ1) is 22.2. The molecule has 0 unspecified atom stereocenters. The molecule has 5 aromatic carbocycles. The molecular formula is C37H28Cl2N2O5. The number of imide groups is 2. The van der Waals surface area contributed by atoms with E-state index in [2.05, 4.69) is 0 Å². The highest BCUT2D eigenvalue weighted by Crippen LogP contribution is 2.36. The molecule has 0 aliphatic carbocycles. The van der Waals surface area contributed by atoms with Gasteiger partial charge in [-0.3, -0.25) is 9.59 Å². The molecule has 46 heavy (non-hydrogen) atoms. The van der Waals surface area contributed by atoms with Gasteiger partial charge in [-0.1, -0.05) is 89.4 Å². The van der Waals surface area contributed by atoms with Crippen LogP contribution in [0, 0.1) is 6.92 Å². The van der Waals surface area contributed by atoms with E-state index in [9.17, 15) is 14.4 Å². The number of urea groups is 1. The maximum atomic E-state index is 14.1. The zero-order chi connectivity index (χ0) is 32.4. The van der Waals surface area contributed by atoms with Crippen molar-refractivity contribution in [3.63, 3.8) is 0 Å². The van der Waals surface area contributed by atoms with E-state index >= 15 is 0 Å². The summed E-state index contributed by atoms with van der Waals surface area (Å²) < 4.78 is 11.9. The van der Waals surface area contributed by atoms with Gasteiger partial charge in [0.25, 0.3) is 11.8 Å². The fourth-order valence-electron chi connectivity index (χ4n) is 5.23. The lowest BCUT2D eigenvalue weighted by Crippen LogP contribution is -2.57. The van der Waals surface area contributed by atoms with Crippen LogP contribution in [0.2, 0.25) is 10.0 Å². The smallest absolute Gasteiger partial charge is 0.343 e. The number of anilines is 2. The van der Waals surface area contributed by atoms with Crippen LogP contribution in [0.15, 0.2) is 109 Å². The van der Waals surface area contributed by atoms with Crippen molar-refractivity contribution in [1.82, 2.24) is 0 Å². The van der Waals surface area contributed by atoms with Gasteiger partial charge in [-0.2, -0.15) is 0 Å². The van der Waals surface area contributed by atoms with E-state index in [1.165, 1.54) is 6.08 Å². The molecule has 0 aromatic heterocycles. The molecule has 7 nitrogen and oxygen atoms in total. The lowest BCUT2D eigenvalue weighted by Gasteiger charge is -2.34. The highest BCUT2D eigenvalue weighted by molar-refractivity contribution is 6.47. The van der Waals surface area contributed by atoms with E-state index < -0.39 is 17.8 Å². The Kier molecular flexibility index (Phi) is 8.79. The number of nitrogens with zero attached hydrogens (tertiary/aromatic N) is 2. The minimum absolute atomic E-state index is 0.168.